The Labute approximate surface area is 259 Å². The highest BCUT2D eigenvalue weighted by Gasteiger charge is 2.45. The largest absolute Gasteiger partial charge is 0.461 e. The molecular weight excluding hydrogens is 582 g/mol. The molecule has 0 aliphatic carbocycles. The molecule has 3 aliphatic heterocycles. The number of hydrogen-bond donors (Lipinski definition) is 0. The molecule has 3 aliphatic rings. The third kappa shape index (κ3) is 4.59. The highest BCUT2D eigenvalue weighted by Crippen LogP contribution is 2.42. The van der Waals surface area contributed by atoms with E-state index in [0.717, 1.165) is 57.0 Å². The first kappa shape index (κ1) is 27.7. The number of fused-ring (bicyclic) bond motifs is 3. The van der Waals surface area contributed by atoms with Gasteiger partial charge in [0.2, 0.25) is 0 Å². The second-order valence-electron chi connectivity index (χ2n) is 12.4. The summed E-state index contributed by atoms with van der Waals surface area (Å²) in [7, 11) is 0. The molecule has 5 aromatic rings. The summed E-state index contributed by atoms with van der Waals surface area (Å²) in [6.45, 7) is 3.89. The Bertz CT molecular complexity index is 1850. The van der Waals surface area contributed by atoms with Gasteiger partial charge in [0.15, 0.2) is 5.82 Å². The second kappa shape index (κ2) is 11.0. The molecule has 0 bridgehead atoms. The van der Waals surface area contributed by atoms with E-state index < -0.39 is 11.6 Å². The van der Waals surface area contributed by atoms with Gasteiger partial charge in [0.1, 0.15) is 23.8 Å². The zero-order valence-electron chi connectivity index (χ0n) is 24.4. The van der Waals surface area contributed by atoms with E-state index in [1.165, 1.54) is 6.07 Å². The molecule has 44 heavy (non-hydrogen) atoms. The molecule has 5 heterocycles. The zero-order chi connectivity index (χ0) is 29.8. The fourth-order valence-corrected chi connectivity index (χ4v) is 8.02. The lowest BCUT2D eigenvalue weighted by Gasteiger charge is -2.34. The highest BCUT2D eigenvalue weighted by molar-refractivity contribution is 6.36. The van der Waals surface area contributed by atoms with Crippen LogP contribution in [0.2, 0.25) is 5.02 Å². The molecule has 8 rings (SSSR count). The van der Waals surface area contributed by atoms with Crippen molar-refractivity contribution in [1.29, 1.82) is 0 Å². The summed E-state index contributed by atoms with van der Waals surface area (Å²) in [4.78, 5) is 14.1. The minimum Gasteiger partial charge on any atom is -0.461 e. The van der Waals surface area contributed by atoms with Gasteiger partial charge in [-0.15, -0.1) is 0 Å². The van der Waals surface area contributed by atoms with Crippen LogP contribution in [0.15, 0.2) is 60.9 Å². The fourth-order valence-electron chi connectivity index (χ4n) is 7.74. The predicted molar refractivity (Wildman–Crippen MR) is 168 cm³/mol. The van der Waals surface area contributed by atoms with E-state index in [0.29, 0.717) is 46.9 Å². The van der Waals surface area contributed by atoms with E-state index in [9.17, 15) is 0 Å². The maximum Gasteiger partial charge on any atom is 0.319 e. The van der Waals surface area contributed by atoms with Crippen molar-refractivity contribution in [2.24, 2.45) is 0 Å². The Morgan fingerprint density at radius 1 is 0.977 bits per heavy atom. The Hall–Kier alpha value is -3.82. The molecule has 10 heteroatoms. The number of halogens is 3. The molecule has 1 unspecified atom stereocenters. The summed E-state index contributed by atoms with van der Waals surface area (Å²) in [6, 6.07) is 14.3. The standard InChI is InChI=1S/C34H33ClF2N6O/c35-26-11-2-8-22-7-1-10-24(28(22)26)29-27(36)19-25-31(30(29)37)39-33(44-21-34-12-4-16-42(34)17-5-13-34)40-32(25)41-15-3-9-23(20-41)43-18-6-14-38-43/h1-2,6-8,10-11,14,18-19,23H,3-5,9,12-13,15-17,20-21H2. The van der Waals surface area contributed by atoms with Gasteiger partial charge in [-0.2, -0.15) is 15.1 Å². The molecule has 0 saturated carbocycles. The average molecular weight is 615 g/mol. The monoisotopic (exact) mass is 614 g/mol. The summed E-state index contributed by atoms with van der Waals surface area (Å²) in [6.07, 6.45) is 9.98. The Kier molecular flexibility index (Phi) is 6.90. The van der Waals surface area contributed by atoms with E-state index in [1.807, 2.05) is 35.1 Å². The molecule has 226 valence electrons. The summed E-state index contributed by atoms with van der Waals surface area (Å²) in [5.41, 5.74) is 0.243. The summed E-state index contributed by atoms with van der Waals surface area (Å²) in [5.74, 6) is -0.953. The van der Waals surface area contributed by atoms with Gasteiger partial charge in [-0.1, -0.05) is 41.9 Å². The lowest BCUT2D eigenvalue weighted by molar-refractivity contribution is 0.108. The van der Waals surface area contributed by atoms with Crippen molar-refractivity contribution < 1.29 is 13.5 Å². The SMILES string of the molecule is Fc1cc2c(N3CCCC(n4cccn4)C3)nc(OCC34CCCN3CCC4)nc2c(F)c1-c1cccc2cccc(Cl)c12. The molecular formula is C34H33ClF2N6O. The Morgan fingerprint density at radius 2 is 1.80 bits per heavy atom. The van der Waals surface area contributed by atoms with E-state index >= 15 is 8.78 Å². The van der Waals surface area contributed by atoms with Crippen molar-refractivity contribution in [3.8, 4) is 17.1 Å². The number of nitrogens with zero attached hydrogens (tertiary/aromatic N) is 6. The number of hydrogen-bond acceptors (Lipinski definition) is 6. The number of ether oxygens (including phenoxy) is 1. The van der Waals surface area contributed by atoms with Gasteiger partial charge < -0.3 is 9.64 Å². The van der Waals surface area contributed by atoms with Crippen molar-refractivity contribution >= 4 is 39.1 Å². The van der Waals surface area contributed by atoms with E-state index in [-0.39, 0.29) is 28.7 Å². The van der Waals surface area contributed by atoms with Crippen LogP contribution in [0.4, 0.5) is 14.6 Å². The first-order valence-corrected chi connectivity index (χ1v) is 15.9. The number of piperidine rings is 1. The van der Waals surface area contributed by atoms with Crippen molar-refractivity contribution in [1.82, 2.24) is 24.6 Å². The number of rotatable bonds is 6. The quantitative estimate of drug-likeness (QED) is 0.198. The van der Waals surface area contributed by atoms with Crippen LogP contribution >= 0.6 is 11.6 Å². The first-order chi connectivity index (χ1) is 21.5. The van der Waals surface area contributed by atoms with Gasteiger partial charge in [0.25, 0.3) is 0 Å². The highest BCUT2D eigenvalue weighted by atomic mass is 35.5. The third-order valence-corrected chi connectivity index (χ3v) is 10.2. The van der Waals surface area contributed by atoms with E-state index in [1.54, 1.807) is 24.4 Å². The lowest BCUT2D eigenvalue weighted by atomic mass is 9.95. The minimum absolute atomic E-state index is 0.0268. The smallest absolute Gasteiger partial charge is 0.319 e. The topological polar surface area (TPSA) is 59.3 Å². The van der Waals surface area contributed by atoms with Crippen LogP contribution in [0.5, 0.6) is 6.01 Å². The molecule has 2 aromatic heterocycles. The molecule has 7 nitrogen and oxygen atoms in total. The van der Waals surface area contributed by atoms with Gasteiger partial charge in [-0.25, -0.2) is 8.78 Å². The van der Waals surface area contributed by atoms with Crippen molar-refractivity contribution in [2.75, 3.05) is 37.7 Å². The zero-order valence-corrected chi connectivity index (χ0v) is 25.1. The molecule has 3 saturated heterocycles. The van der Waals surface area contributed by atoms with Crippen LogP contribution in [0.1, 0.15) is 44.6 Å². The van der Waals surface area contributed by atoms with Gasteiger partial charge >= 0.3 is 6.01 Å². The van der Waals surface area contributed by atoms with E-state index in [2.05, 4.69) is 19.9 Å². The third-order valence-electron chi connectivity index (χ3n) is 9.84. The van der Waals surface area contributed by atoms with Crippen LogP contribution in [-0.4, -0.2) is 63.0 Å². The van der Waals surface area contributed by atoms with Gasteiger partial charge in [-0.3, -0.25) is 9.58 Å². The number of benzene rings is 3. The average Bonchev–Trinajstić information content (AvgIpc) is 3.79. The van der Waals surface area contributed by atoms with Gasteiger partial charge in [-0.05, 0) is 80.8 Å². The van der Waals surface area contributed by atoms with Crippen LogP contribution in [0.25, 0.3) is 32.8 Å². The predicted octanol–water partition coefficient (Wildman–Crippen LogP) is 7.43. The maximum absolute atomic E-state index is 16.8. The van der Waals surface area contributed by atoms with Crippen molar-refractivity contribution in [3.63, 3.8) is 0 Å². The normalized spacial score (nSPS) is 20.1. The summed E-state index contributed by atoms with van der Waals surface area (Å²) >= 11 is 6.58. The van der Waals surface area contributed by atoms with E-state index in [4.69, 9.17) is 21.3 Å². The summed E-state index contributed by atoms with van der Waals surface area (Å²) in [5, 5.41) is 6.61. The van der Waals surface area contributed by atoms with Crippen LogP contribution in [-0.2, 0) is 0 Å². The van der Waals surface area contributed by atoms with Gasteiger partial charge in [0.05, 0.1) is 17.1 Å². The van der Waals surface area contributed by atoms with Crippen molar-refractivity contribution in [3.05, 3.63) is 77.6 Å². The van der Waals surface area contributed by atoms with Crippen LogP contribution in [0.3, 0.4) is 0 Å². The first-order valence-electron chi connectivity index (χ1n) is 15.5. The van der Waals surface area contributed by atoms with Crippen molar-refractivity contribution in [2.45, 2.75) is 50.1 Å². The second-order valence-corrected chi connectivity index (χ2v) is 12.8. The number of anilines is 1. The van der Waals surface area contributed by atoms with Crippen LogP contribution < -0.4 is 9.64 Å². The number of aromatic nitrogens is 4. The molecule has 0 spiro atoms. The summed E-state index contributed by atoms with van der Waals surface area (Å²) < 4.78 is 41.3. The molecule has 3 aromatic carbocycles. The van der Waals surface area contributed by atoms with Crippen LogP contribution in [0, 0.1) is 11.6 Å². The fraction of sp³-hybridized carbons (Fsp3) is 0.382. The maximum atomic E-state index is 16.8. The minimum atomic E-state index is -0.747. The van der Waals surface area contributed by atoms with Gasteiger partial charge in [0, 0.05) is 41.3 Å². The molecule has 0 radical (unpaired) electrons. The molecule has 3 fully saturated rings. The Morgan fingerprint density at radius 3 is 2.59 bits per heavy atom. The Balaban J connectivity index is 1.27. The molecule has 0 amide bonds. The molecule has 1 atom stereocenters. The molecule has 0 N–H and O–H groups in total. The lowest BCUT2D eigenvalue weighted by Crippen LogP contribution is -2.43.